The Morgan fingerprint density at radius 3 is 2.22 bits per heavy atom. The zero-order valence-corrected chi connectivity index (χ0v) is 6.18. The molecule has 2 nitrogen and oxygen atoms in total. The monoisotopic (exact) mass is 129 g/mol. The minimum atomic E-state index is -0.00551. The van der Waals surface area contributed by atoms with Crippen molar-refractivity contribution < 1.29 is 4.74 Å². The van der Waals surface area contributed by atoms with Gasteiger partial charge in [-0.25, -0.2) is 0 Å². The highest BCUT2D eigenvalue weighted by Crippen LogP contribution is 2.20. The molecule has 0 unspecified atom stereocenters. The summed E-state index contributed by atoms with van der Waals surface area (Å²) in [6.45, 7) is 5.96. The normalized spacial score (nSPS) is 21.7. The molecule has 1 heterocycles. The van der Waals surface area contributed by atoms with Crippen LogP contribution >= 0.6 is 0 Å². The molecule has 2 N–H and O–H groups in total. The number of ether oxygens (including phenoxy) is 1. The number of hydrogen-bond donors (Lipinski definition) is 1. The zero-order chi connectivity index (χ0) is 6.91. The third-order valence-electron chi connectivity index (χ3n) is 1.52. The Hall–Kier alpha value is -0.0800. The molecule has 9 heavy (non-hydrogen) atoms. The molecule has 1 rings (SSSR count). The van der Waals surface area contributed by atoms with Gasteiger partial charge >= 0.3 is 0 Å². The molecule has 0 aromatic carbocycles. The number of hydrogen-bond acceptors (Lipinski definition) is 2. The van der Waals surface area contributed by atoms with Gasteiger partial charge in [0, 0.05) is 11.5 Å². The Balaban J connectivity index is 2.16. The maximum Gasteiger partial charge on any atom is 0.0517 e. The van der Waals surface area contributed by atoms with Crippen molar-refractivity contribution >= 4 is 0 Å². The van der Waals surface area contributed by atoms with Gasteiger partial charge in [-0.2, -0.15) is 0 Å². The van der Waals surface area contributed by atoms with Gasteiger partial charge in [0.2, 0.25) is 0 Å². The Labute approximate surface area is 56.4 Å². The van der Waals surface area contributed by atoms with Crippen molar-refractivity contribution in [2.45, 2.75) is 25.8 Å². The van der Waals surface area contributed by atoms with Gasteiger partial charge in [-0.15, -0.1) is 0 Å². The first-order valence-corrected chi connectivity index (χ1v) is 3.44. The van der Waals surface area contributed by atoms with E-state index in [-0.39, 0.29) is 5.54 Å². The van der Waals surface area contributed by atoms with Crippen LogP contribution in [0.15, 0.2) is 0 Å². The van der Waals surface area contributed by atoms with E-state index in [1.807, 2.05) is 0 Å². The van der Waals surface area contributed by atoms with Crippen LogP contribution < -0.4 is 5.73 Å². The third kappa shape index (κ3) is 2.33. The molecule has 0 spiro atoms. The Bertz CT molecular complexity index is 91.6. The first kappa shape index (κ1) is 7.03. The van der Waals surface area contributed by atoms with E-state index < -0.39 is 0 Å². The summed E-state index contributed by atoms with van der Waals surface area (Å²) in [7, 11) is 0. The fourth-order valence-electron chi connectivity index (χ4n) is 1.15. The van der Waals surface area contributed by atoms with Crippen molar-refractivity contribution in [2.75, 3.05) is 13.2 Å². The molecule has 0 aromatic heterocycles. The molecule has 54 valence electrons. The summed E-state index contributed by atoms with van der Waals surface area (Å²) >= 11 is 0. The number of rotatable bonds is 2. The van der Waals surface area contributed by atoms with E-state index in [1.54, 1.807) is 0 Å². The molecular formula is C7H15NO. The maximum absolute atomic E-state index is 5.79. The standard InChI is InChI=1S/C7H15NO/c1-7(2,8)3-6-4-9-5-6/h6H,3-5,8H2,1-2H3. The van der Waals surface area contributed by atoms with Crippen molar-refractivity contribution in [3.63, 3.8) is 0 Å². The highest BCUT2D eigenvalue weighted by Gasteiger charge is 2.24. The first-order chi connectivity index (χ1) is 4.08. The largest absolute Gasteiger partial charge is 0.381 e. The van der Waals surface area contributed by atoms with Crippen molar-refractivity contribution in [1.29, 1.82) is 0 Å². The van der Waals surface area contributed by atoms with Gasteiger partial charge < -0.3 is 10.5 Å². The van der Waals surface area contributed by atoms with Crippen molar-refractivity contribution in [3.8, 4) is 0 Å². The van der Waals surface area contributed by atoms with E-state index >= 15 is 0 Å². The second-order valence-corrected chi connectivity index (χ2v) is 3.60. The summed E-state index contributed by atoms with van der Waals surface area (Å²) in [6.07, 6.45) is 1.09. The summed E-state index contributed by atoms with van der Waals surface area (Å²) in [4.78, 5) is 0. The summed E-state index contributed by atoms with van der Waals surface area (Å²) in [5.74, 6) is 0.727. The van der Waals surface area contributed by atoms with Gasteiger partial charge in [-0.3, -0.25) is 0 Å². The molecule has 0 bridgehead atoms. The molecule has 1 fully saturated rings. The summed E-state index contributed by atoms with van der Waals surface area (Å²) in [6, 6.07) is 0. The van der Waals surface area contributed by atoms with E-state index in [0.717, 1.165) is 25.6 Å². The van der Waals surface area contributed by atoms with Crippen LogP contribution in [0.1, 0.15) is 20.3 Å². The van der Waals surface area contributed by atoms with E-state index in [2.05, 4.69) is 13.8 Å². The molecule has 0 radical (unpaired) electrons. The van der Waals surface area contributed by atoms with Gasteiger partial charge in [0.05, 0.1) is 13.2 Å². The van der Waals surface area contributed by atoms with Crippen LogP contribution in [-0.4, -0.2) is 18.8 Å². The molecule has 1 saturated heterocycles. The zero-order valence-electron chi connectivity index (χ0n) is 6.18. The molecule has 1 aliphatic rings. The lowest BCUT2D eigenvalue weighted by Gasteiger charge is -2.31. The van der Waals surface area contributed by atoms with Crippen LogP contribution in [0.3, 0.4) is 0 Å². The van der Waals surface area contributed by atoms with Crippen LogP contribution in [0.2, 0.25) is 0 Å². The summed E-state index contributed by atoms with van der Waals surface area (Å²) < 4.78 is 5.03. The first-order valence-electron chi connectivity index (χ1n) is 3.44. The molecule has 0 aromatic rings. The van der Waals surface area contributed by atoms with Gasteiger partial charge in [0.25, 0.3) is 0 Å². The second kappa shape index (κ2) is 2.27. The smallest absolute Gasteiger partial charge is 0.0517 e. The predicted octanol–water partition coefficient (Wildman–Crippen LogP) is 0.760. The van der Waals surface area contributed by atoms with Gasteiger partial charge in [0.1, 0.15) is 0 Å². The molecule has 0 saturated carbocycles. The Morgan fingerprint density at radius 2 is 2.11 bits per heavy atom. The van der Waals surface area contributed by atoms with E-state index in [9.17, 15) is 0 Å². The molecule has 1 aliphatic heterocycles. The Morgan fingerprint density at radius 1 is 1.56 bits per heavy atom. The molecule has 0 atom stereocenters. The van der Waals surface area contributed by atoms with E-state index in [4.69, 9.17) is 10.5 Å². The van der Waals surface area contributed by atoms with Crippen LogP contribution in [0.4, 0.5) is 0 Å². The SMILES string of the molecule is CC(C)(N)CC1COC1. The fraction of sp³-hybridized carbons (Fsp3) is 1.00. The lowest BCUT2D eigenvalue weighted by molar-refractivity contribution is -0.0428. The molecule has 0 amide bonds. The predicted molar refractivity (Wildman–Crippen MR) is 37.2 cm³/mol. The van der Waals surface area contributed by atoms with Crippen LogP contribution in [0.25, 0.3) is 0 Å². The van der Waals surface area contributed by atoms with Crippen molar-refractivity contribution in [2.24, 2.45) is 11.7 Å². The summed E-state index contributed by atoms with van der Waals surface area (Å²) in [5, 5.41) is 0. The van der Waals surface area contributed by atoms with Crippen LogP contribution in [0.5, 0.6) is 0 Å². The molecular weight excluding hydrogens is 114 g/mol. The lowest BCUT2D eigenvalue weighted by Crippen LogP contribution is -2.40. The number of nitrogens with two attached hydrogens (primary N) is 1. The van der Waals surface area contributed by atoms with E-state index in [1.165, 1.54) is 0 Å². The fourth-order valence-corrected chi connectivity index (χ4v) is 1.15. The summed E-state index contributed by atoms with van der Waals surface area (Å²) in [5.41, 5.74) is 5.78. The maximum atomic E-state index is 5.79. The average Bonchev–Trinajstić information content (AvgIpc) is 1.53. The highest BCUT2D eigenvalue weighted by molar-refractivity contribution is 4.79. The third-order valence-corrected chi connectivity index (χ3v) is 1.52. The lowest BCUT2D eigenvalue weighted by atomic mass is 9.90. The van der Waals surface area contributed by atoms with Crippen LogP contribution in [-0.2, 0) is 4.74 Å². The van der Waals surface area contributed by atoms with Crippen LogP contribution in [0, 0.1) is 5.92 Å². The highest BCUT2D eigenvalue weighted by atomic mass is 16.5. The quantitative estimate of drug-likeness (QED) is 0.597. The second-order valence-electron chi connectivity index (χ2n) is 3.60. The van der Waals surface area contributed by atoms with Crippen molar-refractivity contribution in [3.05, 3.63) is 0 Å². The van der Waals surface area contributed by atoms with E-state index in [0.29, 0.717) is 0 Å². The molecule has 2 heteroatoms. The van der Waals surface area contributed by atoms with Gasteiger partial charge in [0.15, 0.2) is 0 Å². The van der Waals surface area contributed by atoms with Gasteiger partial charge in [-0.05, 0) is 20.3 Å². The van der Waals surface area contributed by atoms with Gasteiger partial charge in [-0.1, -0.05) is 0 Å². The average molecular weight is 129 g/mol. The Kier molecular flexibility index (Phi) is 1.78. The topological polar surface area (TPSA) is 35.2 Å². The minimum absolute atomic E-state index is 0.00551. The molecule has 0 aliphatic carbocycles. The minimum Gasteiger partial charge on any atom is -0.381 e. The van der Waals surface area contributed by atoms with Crippen molar-refractivity contribution in [1.82, 2.24) is 0 Å².